The van der Waals surface area contributed by atoms with E-state index in [1.807, 2.05) is 6.92 Å². The standard InChI is InChI=1S/C31H52N2O6S/c1-6-16-33(5,17-7-2)21-22(4)18-26(24-12-14-27(15-13-24)40(37,38)39)19-25-10-9-11-28(25)29(31(35)36)20-23(8-3)30(32)34/h12-15,22-23,25-26,28-29H,6-11,16-21H2,1-5H3,(H3-,32,34,35,36,37,38,39)/p+1. The number of nitrogens with two attached hydrogens (primary N) is 1. The number of amides is 1. The SMILES string of the molecule is CCC[N+](C)(CCC)CC(C)CC(CC1CCCC1C(CC(CC)C(N)=O)C(=O)O)c1ccc(S(=O)(=O)O)cc1. The quantitative estimate of drug-likeness (QED) is 0.150. The highest BCUT2D eigenvalue weighted by Crippen LogP contribution is 2.45. The van der Waals surface area contributed by atoms with Gasteiger partial charge in [0.15, 0.2) is 0 Å². The third-order valence-electron chi connectivity index (χ3n) is 9.19. The van der Waals surface area contributed by atoms with Gasteiger partial charge in [0.05, 0.1) is 37.5 Å². The Kier molecular flexibility index (Phi) is 13.1. The molecule has 228 valence electrons. The lowest BCUT2D eigenvalue weighted by Gasteiger charge is -2.38. The second-order valence-electron chi connectivity index (χ2n) is 12.6. The molecule has 0 radical (unpaired) electrons. The minimum Gasteiger partial charge on any atom is -0.481 e. The Morgan fingerprint density at radius 1 is 1.05 bits per heavy atom. The van der Waals surface area contributed by atoms with Crippen molar-refractivity contribution in [1.29, 1.82) is 0 Å². The molecule has 8 nitrogen and oxygen atoms in total. The van der Waals surface area contributed by atoms with E-state index in [-0.39, 0.29) is 29.1 Å². The number of nitrogens with zero attached hydrogens (tertiary/aromatic N) is 1. The molecule has 0 spiro atoms. The van der Waals surface area contributed by atoms with Crippen LogP contribution in [0.5, 0.6) is 0 Å². The molecular weight excluding hydrogens is 528 g/mol. The van der Waals surface area contributed by atoms with Crippen LogP contribution in [-0.2, 0) is 19.7 Å². The zero-order valence-corrected chi connectivity index (χ0v) is 26.0. The van der Waals surface area contributed by atoms with E-state index >= 15 is 0 Å². The molecule has 1 aromatic rings. The number of hydrogen-bond donors (Lipinski definition) is 3. The first-order valence-corrected chi connectivity index (χ1v) is 16.6. The van der Waals surface area contributed by atoms with Gasteiger partial charge < -0.3 is 15.3 Å². The second kappa shape index (κ2) is 15.3. The molecule has 9 heteroatoms. The van der Waals surface area contributed by atoms with Gasteiger partial charge in [-0.25, -0.2) is 0 Å². The van der Waals surface area contributed by atoms with Crippen molar-refractivity contribution in [3.63, 3.8) is 0 Å². The van der Waals surface area contributed by atoms with Gasteiger partial charge in [0.2, 0.25) is 5.91 Å². The summed E-state index contributed by atoms with van der Waals surface area (Å²) < 4.78 is 33.8. The number of aliphatic carboxylic acids is 1. The van der Waals surface area contributed by atoms with E-state index in [9.17, 15) is 27.7 Å². The van der Waals surface area contributed by atoms with E-state index in [0.717, 1.165) is 74.6 Å². The summed E-state index contributed by atoms with van der Waals surface area (Å²) in [5, 5.41) is 10.2. The Labute approximate surface area is 242 Å². The van der Waals surface area contributed by atoms with Crippen molar-refractivity contribution in [3.8, 4) is 0 Å². The number of benzene rings is 1. The van der Waals surface area contributed by atoms with Crippen LogP contribution in [-0.4, -0.2) is 61.1 Å². The summed E-state index contributed by atoms with van der Waals surface area (Å²) in [6, 6.07) is 6.51. The average molecular weight is 582 g/mol. The highest BCUT2D eigenvalue weighted by molar-refractivity contribution is 7.85. The molecule has 40 heavy (non-hydrogen) atoms. The lowest BCUT2D eigenvalue weighted by molar-refractivity contribution is -0.912. The van der Waals surface area contributed by atoms with Crippen LogP contribution in [0.25, 0.3) is 0 Å². The van der Waals surface area contributed by atoms with Gasteiger partial charge in [-0.1, -0.05) is 52.7 Å². The molecule has 0 bridgehead atoms. The van der Waals surface area contributed by atoms with E-state index < -0.39 is 33.8 Å². The highest BCUT2D eigenvalue weighted by atomic mass is 32.2. The van der Waals surface area contributed by atoms with Gasteiger partial charge in [-0.3, -0.25) is 14.1 Å². The Morgan fingerprint density at radius 3 is 2.12 bits per heavy atom. The maximum atomic E-state index is 12.4. The summed E-state index contributed by atoms with van der Waals surface area (Å²) in [7, 11) is -1.96. The van der Waals surface area contributed by atoms with Crippen LogP contribution in [0.4, 0.5) is 0 Å². The number of carbonyl (C=O) groups is 2. The van der Waals surface area contributed by atoms with Gasteiger partial charge in [-0.2, -0.15) is 8.42 Å². The molecule has 1 fully saturated rings. The zero-order chi connectivity index (χ0) is 30.1. The van der Waals surface area contributed by atoms with Crippen molar-refractivity contribution >= 4 is 22.0 Å². The van der Waals surface area contributed by atoms with Crippen LogP contribution in [0.1, 0.15) is 97.0 Å². The van der Waals surface area contributed by atoms with E-state index in [1.165, 1.54) is 12.1 Å². The topological polar surface area (TPSA) is 135 Å². The van der Waals surface area contributed by atoms with Crippen molar-refractivity contribution in [2.45, 2.75) is 96.3 Å². The Hall–Kier alpha value is -1.97. The molecule has 4 N–H and O–H groups in total. The minimum absolute atomic E-state index is 0.0259. The predicted octanol–water partition coefficient (Wildman–Crippen LogP) is 5.72. The largest absolute Gasteiger partial charge is 0.481 e. The number of rotatable bonds is 18. The minimum atomic E-state index is -4.28. The summed E-state index contributed by atoms with van der Waals surface area (Å²) in [5.41, 5.74) is 6.60. The number of hydrogen-bond acceptors (Lipinski definition) is 4. The number of carboxylic acid groups (broad SMARTS) is 1. The molecule has 1 amide bonds. The summed E-state index contributed by atoms with van der Waals surface area (Å²) in [6.07, 6.45) is 7.48. The molecule has 1 saturated carbocycles. The third kappa shape index (κ3) is 9.84. The van der Waals surface area contributed by atoms with Crippen LogP contribution in [0.2, 0.25) is 0 Å². The summed E-state index contributed by atoms with van der Waals surface area (Å²) >= 11 is 0. The maximum absolute atomic E-state index is 12.4. The highest BCUT2D eigenvalue weighted by Gasteiger charge is 2.40. The third-order valence-corrected chi connectivity index (χ3v) is 10.1. The molecule has 2 rings (SSSR count). The molecule has 1 aromatic carbocycles. The van der Waals surface area contributed by atoms with Gasteiger partial charge in [-0.05, 0) is 80.4 Å². The van der Waals surface area contributed by atoms with E-state index in [0.29, 0.717) is 12.3 Å². The molecular formula is C31H53N2O6S+. The van der Waals surface area contributed by atoms with Crippen molar-refractivity contribution in [2.75, 3.05) is 26.7 Å². The Bertz CT molecular complexity index is 1050. The molecule has 6 unspecified atom stereocenters. The van der Waals surface area contributed by atoms with E-state index in [4.69, 9.17) is 5.73 Å². The molecule has 1 aliphatic carbocycles. The summed E-state index contributed by atoms with van der Waals surface area (Å²) in [5.74, 6) is -1.65. The van der Waals surface area contributed by atoms with Crippen molar-refractivity contribution < 1.29 is 32.1 Å². The molecule has 0 heterocycles. The molecule has 1 aliphatic rings. The lowest BCUT2D eigenvalue weighted by Crippen LogP contribution is -2.48. The fourth-order valence-electron chi connectivity index (χ4n) is 7.47. The Morgan fingerprint density at radius 2 is 1.65 bits per heavy atom. The van der Waals surface area contributed by atoms with Gasteiger partial charge in [-0.15, -0.1) is 0 Å². The van der Waals surface area contributed by atoms with Crippen LogP contribution in [0, 0.1) is 29.6 Å². The van der Waals surface area contributed by atoms with Crippen LogP contribution < -0.4 is 5.73 Å². The Balaban J connectivity index is 2.35. The smallest absolute Gasteiger partial charge is 0.306 e. The maximum Gasteiger partial charge on any atom is 0.306 e. The zero-order valence-electron chi connectivity index (χ0n) is 25.2. The average Bonchev–Trinajstić information content (AvgIpc) is 3.31. The summed E-state index contributed by atoms with van der Waals surface area (Å²) in [6.45, 7) is 11.9. The number of carbonyl (C=O) groups excluding carboxylic acids is 1. The van der Waals surface area contributed by atoms with E-state index in [1.54, 1.807) is 12.1 Å². The first-order valence-electron chi connectivity index (χ1n) is 15.2. The molecule has 0 aliphatic heterocycles. The van der Waals surface area contributed by atoms with Crippen molar-refractivity contribution in [1.82, 2.24) is 0 Å². The lowest BCUT2D eigenvalue weighted by atomic mass is 9.73. The second-order valence-corrected chi connectivity index (χ2v) is 14.0. The van der Waals surface area contributed by atoms with Crippen molar-refractivity contribution in [2.24, 2.45) is 35.3 Å². The van der Waals surface area contributed by atoms with Gasteiger partial charge in [0.25, 0.3) is 10.1 Å². The van der Waals surface area contributed by atoms with Crippen LogP contribution >= 0.6 is 0 Å². The van der Waals surface area contributed by atoms with Crippen LogP contribution in [0.3, 0.4) is 0 Å². The van der Waals surface area contributed by atoms with Crippen molar-refractivity contribution in [3.05, 3.63) is 29.8 Å². The molecule has 6 atom stereocenters. The van der Waals surface area contributed by atoms with Crippen LogP contribution in [0.15, 0.2) is 29.2 Å². The predicted molar refractivity (Wildman–Crippen MR) is 158 cm³/mol. The number of carboxylic acids is 1. The fraction of sp³-hybridized carbons (Fsp3) is 0.742. The number of quaternary nitrogens is 1. The fourth-order valence-corrected chi connectivity index (χ4v) is 7.95. The normalized spacial score (nSPS) is 21.1. The number of primary amides is 1. The first kappa shape index (κ1) is 34.2. The summed E-state index contributed by atoms with van der Waals surface area (Å²) in [4.78, 5) is 24.2. The van der Waals surface area contributed by atoms with Gasteiger partial charge in [0, 0.05) is 11.8 Å². The van der Waals surface area contributed by atoms with Gasteiger partial charge in [0.1, 0.15) is 0 Å². The van der Waals surface area contributed by atoms with Gasteiger partial charge >= 0.3 is 5.97 Å². The molecule has 0 saturated heterocycles. The molecule has 0 aromatic heterocycles. The monoisotopic (exact) mass is 581 g/mol. The first-order chi connectivity index (χ1) is 18.7. The van der Waals surface area contributed by atoms with E-state index in [2.05, 4.69) is 27.8 Å².